The normalized spacial score (nSPS) is 29.0. The molecule has 1 spiro atoms. The van der Waals surface area contributed by atoms with Gasteiger partial charge in [-0.3, -0.25) is 0 Å². The fourth-order valence-corrected chi connectivity index (χ4v) is 4.84. The van der Waals surface area contributed by atoms with Crippen molar-refractivity contribution < 1.29 is 4.74 Å². The summed E-state index contributed by atoms with van der Waals surface area (Å²) in [6.07, 6.45) is 5.78. The summed E-state index contributed by atoms with van der Waals surface area (Å²) in [5, 5.41) is 5.89. The summed E-state index contributed by atoms with van der Waals surface area (Å²) >= 11 is 5.42. The van der Waals surface area contributed by atoms with Gasteiger partial charge in [0.1, 0.15) is 0 Å². The molecule has 2 unspecified atom stereocenters. The molecule has 2 fully saturated rings. The Labute approximate surface area is 121 Å². The Morgan fingerprint density at radius 2 is 2.39 bits per heavy atom. The molecule has 2 aliphatic carbocycles. The Kier molecular flexibility index (Phi) is 3.81. The first-order chi connectivity index (χ1) is 8.76. The summed E-state index contributed by atoms with van der Waals surface area (Å²) in [6.45, 7) is 3.95. The van der Waals surface area contributed by atoms with E-state index in [0.717, 1.165) is 13.2 Å². The van der Waals surface area contributed by atoms with Gasteiger partial charge in [-0.15, -0.1) is 11.3 Å². The summed E-state index contributed by atoms with van der Waals surface area (Å²) in [5.41, 5.74) is 0.472. The molecule has 2 saturated carbocycles. The van der Waals surface area contributed by atoms with Crippen molar-refractivity contribution in [1.29, 1.82) is 0 Å². The molecule has 0 amide bonds. The van der Waals surface area contributed by atoms with Crippen molar-refractivity contribution in [3.05, 3.63) is 20.8 Å². The third-order valence-electron chi connectivity index (χ3n) is 4.64. The lowest BCUT2D eigenvalue weighted by Crippen LogP contribution is -2.66. The average molecular weight is 330 g/mol. The standard InChI is InChI=1S/C14H20BrNOS/c1-2-17-13-8-12(14(13)5-3-6-14)16-9-11-10(15)4-7-18-11/h4,7,12-13,16H,2-3,5-6,8-9H2,1H3. The fourth-order valence-electron chi connectivity index (χ4n) is 3.39. The van der Waals surface area contributed by atoms with Gasteiger partial charge in [0.2, 0.25) is 0 Å². The van der Waals surface area contributed by atoms with Crippen molar-refractivity contribution in [3.63, 3.8) is 0 Å². The second-order valence-electron chi connectivity index (χ2n) is 5.39. The van der Waals surface area contributed by atoms with Crippen LogP contribution in [0.3, 0.4) is 0 Å². The maximum absolute atomic E-state index is 5.88. The molecule has 0 aliphatic heterocycles. The highest BCUT2D eigenvalue weighted by Crippen LogP contribution is 2.57. The lowest BCUT2D eigenvalue weighted by Gasteiger charge is -2.61. The van der Waals surface area contributed by atoms with Gasteiger partial charge in [-0.25, -0.2) is 0 Å². The Bertz CT molecular complexity index is 416. The molecule has 0 saturated heterocycles. The number of nitrogens with one attached hydrogen (secondary N) is 1. The van der Waals surface area contributed by atoms with E-state index in [1.165, 1.54) is 35.0 Å². The Hall–Kier alpha value is 0.100. The minimum absolute atomic E-state index is 0.472. The highest BCUT2D eigenvalue weighted by Gasteiger charge is 2.58. The topological polar surface area (TPSA) is 21.3 Å². The van der Waals surface area contributed by atoms with Gasteiger partial charge >= 0.3 is 0 Å². The molecule has 4 heteroatoms. The Balaban J connectivity index is 1.57. The molecule has 1 N–H and O–H groups in total. The maximum Gasteiger partial charge on any atom is 0.0661 e. The van der Waals surface area contributed by atoms with Crippen molar-refractivity contribution >= 4 is 27.3 Å². The van der Waals surface area contributed by atoms with Crippen molar-refractivity contribution in [2.75, 3.05) is 6.61 Å². The van der Waals surface area contributed by atoms with Gasteiger partial charge in [-0.05, 0) is 53.6 Å². The second-order valence-corrected chi connectivity index (χ2v) is 7.25. The summed E-state index contributed by atoms with van der Waals surface area (Å²) in [7, 11) is 0. The second kappa shape index (κ2) is 5.23. The lowest BCUT2D eigenvalue weighted by atomic mass is 9.51. The first-order valence-corrected chi connectivity index (χ1v) is 8.50. The third kappa shape index (κ3) is 2.07. The van der Waals surface area contributed by atoms with E-state index in [9.17, 15) is 0 Å². The van der Waals surface area contributed by atoms with Gasteiger partial charge < -0.3 is 10.1 Å². The molecule has 2 aliphatic rings. The van der Waals surface area contributed by atoms with E-state index in [4.69, 9.17) is 4.74 Å². The molecule has 1 aromatic heterocycles. The monoisotopic (exact) mass is 329 g/mol. The van der Waals surface area contributed by atoms with Crippen molar-refractivity contribution in [3.8, 4) is 0 Å². The van der Waals surface area contributed by atoms with Gasteiger partial charge in [0.15, 0.2) is 0 Å². The van der Waals surface area contributed by atoms with E-state index in [-0.39, 0.29) is 0 Å². The number of thiophene rings is 1. The minimum atomic E-state index is 0.472. The van der Waals surface area contributed by atoms with Crippen molar-refractivity contribution in [1.82, 2.24) is 5.32 Å². The van der Waals surface area contributed by atoms with Crippen LogP contribution < -0.4 is 5.32 Å². The quantitative estimate of drug-likeness (QED) is 0.883. The van der Waals surface area contributed by atoms with Crippen LogP contribution in [0.4, 0.5) is 0 Å². The molecule has 1 aromatic rings. The van der Waals surface area contributed by atoms with E-state index < -0.39 is 0 Å². The van der Waals surface area contributed by atoms with Crippen molar-refractivity contribution in [2.24, 2.45) is 5.41 Å². The number of ether oxygens (including phenoxy) is 1. The van der Waals surface area contributed by atoms with Crippen LogP contribution in [0.2, 0.25) is 0 Å². The fraction of sp³-hybridized carbons (Fsp3) is 0.714. The number of rotatable bonds is 5. The van der Waals surface area contributed by atoms with E-state index in [0.29, 0.717) is 17.6 Å². The summed E-state index contributed by atoms with van der Waals surface area (Å²) < 4.78 is 7.12. The van der Waals surface area contributed by atoms with E-state index in [1.54, 1.807) is 0 Å². The van der Waals surface area contributed by atoms with Crippen LogP contribution in [0.5, 0.6) is 0 Å². The zero-order valence-corrected chi connectivity index (χ0v) is 13.1. The van der Waals surface area contributed by atoms with Crippen LogP contribution in [0.25, 0.3) is 0 Å². The number of halogens is 1. The largest absolute Gasteiger partial charge is 0.378 e. The molecule has 0 radical (unpaired) electrons. The first kappa shape index (κ1) is 13.1. The zero-order chi connectivity index (χ0) is 12.6. The Morgan fingerprint density at radius 1 is 1.56 bits per heavy atom. The molecule has 3 rings (SSSR count). The van der Waals surface area contributed by atoms with Crippen LogP contribution in [0.15, 0.2) is 15.9 Å². The number of hydrogen-bond donors (Lipinski definition) is 1. The van der Waals surface area contributed by atoms with Crippen LogP contribution in [-0.4, -0.2) is 18.8 Å². The SMILES string of the molecule is CCOC1CC(NCc2sccc2Br)C12CCC2. The van der Waals surface area contributed by atoms with E-state index in [2.05, 4.69) is 39.6 Å². The first-order valence-electron chi connectivity index (χ1n) is 6.83. The molecular formula is C14H20BrNOS. The smallest absolute Gasteiger partial charge is 0.0661 e. The van der Waals surface area contributed by atoms with Crippen LogP contribution in [0.1, 0.15) is 37.5 Å². The molecule has 18 heavy (non-hydrogen) atoms. The molecule has 0 aromatic carbocycles. The van der Waals surface area contributed by atoms with Gasteiger partial charge in [0.05, 0.1) is 6.10 Å². The predicted molar refractivity (Wildman–Crippen MR) is 79.0 cm³/mol. The highest BCUT2D eigenvalue weighted by atomic mass is 79.9. The van der Waals surface area contributed by atoms with E-state index in [1.807, 2.05) is 11.3 Å². The highest BCUT2D eigenvalue weighted by molar-refractivity contribution is 9.10. The molecule has 0 bridgehead atoms. The average Bonchev–Trinajstić information content (AvgIpc) is 2.66. The summed E-state index contributed by atoms with van der Waals surface area (Å²) in [5.74, 6) is 0. The lowest BCUT2D eigenvalue weighted by molar-refractivity contribution is -0.173. The van der Waals surface area contributed by atoms with Gasteiger partial charge in [0.25, 0.3) is 0 Å². The van der Waals surface area contributed by atoms with Crippen LogP contribution >= 0.6 is 27.3 Å². The molecule has 2 atom stereocenters. The minimum Gasteiger partial charge on any atom is -0.378 e. The molecule has 1 heterocycles. The van der Waals surface area contributed by atoms with Gasteiger partial charge in [-0.1, -0.05) is 6.42 Å². The zero-order valence-electron chi connectivity index (χ0n) is 10.7. The van der Waals surface area contributed by atoms with E-state index >= 15 is 0 Å². The summed E-state index contributed by atoms with van der Waals surface area (Å²) in [6, 6.07) is 2.79. The predicted octanol–water partition coefficient (Wildman–Crippen LogP) is 3.95. The van der Waals surface area contributed by atoms with Crippen molar-refractivity contribution in [2.45, 2.75) is 51.3 Å². The van der Waals surface area contributed by atoms with Crippen LogP contribution in [-0.2, 0) is 11.3 Å². The molecule has 100 valence electrons. The summed E-state index contributed by atoms with van der Waals surface area (Å²) in [4.78, 5) is 1.41. The van der Waals surface area contributed by atoms with Crippen LogP contribution in [0, 0.1) is 5.41 Å². The molecule has 2 nitrogen and oxygen atoms in total. The van der Waals surface area contributed by atoms with Gasteiger partial charge in [-0.2, -0.15) is 0 Å². The molecular weight excluding hydrogens is 310 g/mol. The maximum atomic E-state index is 5.88. The van der Waals surface area contributed by atoms with Gasteiger partial charge in [0, 0.05) is 34.0 Å². The Morgan fingerprint density at radius 3 is 2.94 bits per heavy atom. The number of hydrogen-bond acceptors (Lipinski definition) is 3. The third-order valence-corrected chi connectivity index (χ3v) is 6.56.